The Morgan fingerprint density at radius 1 is 1.20 bits per heavy atom. The van der Waals surface area contributed by atoms with Crippen molar-refractivity contribution in [2.24, 2.45) is 11.8 Å². The first-order valence-electron chi connectivity index (χ1n) is 5.23. The van der Waals surface area contributed by atoms with Gasteiger partial charge in [-0.25, -0.2) is 4.79 Å². The highest BCUT2D eigenvalue weighted by atomic mass is 16.5. The normalized spacial score (nSPS) is 9.80. The summed E-state index contributed by atoms with van der Waals surface area (Å²) in [5, 5.41) is 7.89. The number of carbonyl (C=O) groups is 1. The Bertz CT molecular complexity index is 163. The van der Waals surface area contributed by atoms with Crippen molar-refractivity contribution in [2.75, 3.05) is 13.2 Å². The maximum absolute atomic E-state index is 9.60. The summed E-state index contributed by atoms with van der Waals surface area (Å²) >= 11 is 0. The summed E-state index contributed by atoms with van der Waals surface area (Å²) in [5.74, 6) is 0.405. The molecule has 0 rings (SSSR count). The van der Waals surface area contributed by atoms with Crippen LogP contribution in [0.2, 0.25) is 0 Å². The third-order valence-corrected chi connectivity index (χ3v) is 1.27. The van der Waals surface area contributed by atoms with Crippen molar-refractivity contribution in [3.8, 4) is 0 Å². The van der Waals surface area contributed by atoms with Gasteiger partial charge in [-0.3, -0.25) is 0 Å². The van der Waals surface area contributed by atoms with Gasteiger partial charge in [-0.15, -0.1) is 0 Å². The van der Waals surface area contributed by atoms with E-state index in [4.69, 9.17) is 9.84 Å². The average molecular weight is 216 g/mol. The molecule has 3 heteroatoms. The van der Waals surface area contributed by atoms with Crippen LogP contribution in [0.4, 0.5) is 0 Å². The number of carboxylic acid groups (broad SMARTS) is 1. The van der Waals surface area contributed by atoms with E-state index in [0.29, 0.717) is 11.8 Å². The summed E-state index contributed by atoms with van der Waals surface area (Å²) in [6.07, 6.45) is 0. The van der Waals surface area contributed by atoms with Crippen molar-refractivity contribution in [1.29, 1.82) is 0 Å². The summed E-state index contributed by atoms with van der Waals surface area (Å²) in [7, 11) is 0. The highest BCUT2D eigenvalue weighted by molar-refractivity contribution is 5.84. The van der Waals surface area contributed by atoms with E-state index in [0.717, 1.165) is 13.2 Å². The molecule has 0 saturated heterocycles. The first-order chi connectivity index (χ1) is 6.77. The Kier molecular flexibility index (Phi) is 10.7. The predicted octanol–water partition coefficient (Wildman–Crippen LogP) is 2.96. The van der Waals surface area contributed by atoms with Gasteiger partial charge in [0.1, 0.15) is 0 Å². The molecule has 1 N–H and O–H groups in total. The summed E-state index contributed by atoms with van der Waals surface area (Å²) in [6, 6.07) is 0. The third kappa shape index (κ3) is 19.5. The van der Waals surface area contributed by atoms with Gasteiger partial charge >= 0.3 is 5.97 Å². The van der Waals surface area contributed by atoms with Gasteiger partial charge in [0.05, 0.1) is 0 Å². The molecular formula is C12H24O3. The van der Waals surface area contributed by atoms with Crippen molar-refractivity contribution in [3.63, 3.8) is 0 Å². The lowest BCUT2D eigenvalue weighted by Gasteiger charge is -2.07. The Morgan fingerprint density at radius 3 is 1.60 bits per heavy atom. The second kappa shape index (κ2) is 9.71. The van der Waals surface area contributed by atoms with Gasteiger partial charge < -0.3 is 9.84 Å². The fourth-order valence-electron chi connectivity index (χ4n) is 0.539. The van der Waals surface area contributed by atoms with Crippen LogP contribution in [0.1, 0.15) is 34.6 Å². The van der Waals surface area contributed by atoms with E-state index in [1.165, 1.54) is 6.92 Å². The third-order valence-electron chi connectivity index (χ3n) is 1.27. The molecule has 3 nitrogen and oxygen atoms in total. The molecule has 0 aromatic carbocycles. The van der Waals surface area contributed by atoms with Crippen LogP contribution in [0.15, 0.2) is 12.2 Å². The lowest BCUT2D eigenvalue weighted by molar-refractivity contribution is -0.132. The Hall–Kier alpha value is -0.830. The molecular weight excluding hydrogens is 192 g/mol. The minimum atomic E-state index is -0.935. The lowest BCUT2D eigenvalue weighted by Crippen LogP contribution is -2.06. The zero-order valence-corrected chi connectivity index (χ0v) is 10.5. The summed E-state index contributed by atoms with van der Waals surface area (Å²) in [5.41, 5.74) is 0.176. The molecule has 0 saturated carbocycles. The predicted molar refractivity (Wildman–Crippen MR) is 62.9 cm³/mol. The number of rotatable bonds is 5. The van der Waals surface area contributed by atoms with Gasteiger partial charge in [-0.05, 0) is 18.8 Å². The van der Waals surface area contributed by atoms with Gasteiger partial charge in [-0.2, -0.15) is 0 Å². The molecule has 0 aliphatic heterocycles. The van der Waals surface area contributed by atoms with Gasteiger partial charge in [0.2, 0.25) is 0 Å². The van der Waals surface area contributed by atoms with Crippen LogP contribution in [-0.2, 0) is 9.53 Å². The van der Waals surface area contributed by atoms with Crippen molar-refractivity contribution in [3.05, 3.63) is 12.2 Å². The molecule has 0 spiro atoms. The highest BCUT2D eigenvalue weighted by Crippen LogP contribution is 1.96. The van der Waals surface area contributed by atoms with E-state index in [1.807, 2.05) is 0 Å². The molecule has 0 bridgehead atoms. The monoisotopic (exact) mass is 216 g/mol. The van der Waals surface area contributed by atoms with E-state index in [-0.39, 0.29) is 5.57 Å². The number of hydrogen-bond donors (Lipinski definition) is 1. The number of ether oxygens (including phenoxy) is 1. The molecule has 0 heterocycles. The standard InChI is InChI=1S/C8H18O.C4H6O2/c1-7(2)5-9-6-8(3)4;1-3(2)4(5)6/h7-8H,5-6H2,1-4H3;1H2,2H3,(H,5,6). The minimum absolute atomic E-state index is 0.176. The van der Waals surface area contributed by atoms with Crippen molar-refractivity contribution >= 4 is 5.97 Å². The number of aliphatic carboxylic acids is 1. The van der Waals surface area contributed by atoms with Crippen LogP contribution in [0.5, 0.6) is 0 Å². The van der Waals surface area contributed by atoms with E-state index in [9.17, 15) is 4.79 Å². The average Bonchev–Trinajstić information content (AvgIpc) is 2.03. The van der Waals surface area contributed by atoms with E-state index >= 15 is 0 Å². The van der Waals surface area contributed by atoms with Crippen LogP contribution < -0.4 is 0 Å². The summed E-state index contributed by atoms with van der Waals surface area (Å²) in [4.78, 5) is 9.60. The molecule has 0 aromatic heterocycles. The molecule has 90 valence electrons. The van der Waals surface area contributed by atoms with Gasteiger partial charge in [-0.1, -0.05) is 34.3 Å². The summed E-state index contributed by atoms with van der Waals surface area (Å²) in [6.45, 7) is 15.1. The zero-order chi connectivity index (χ0) is 12.4. The Balaban J connectivity index is 0. The smallest absolute Gasteiger partial charge is 0.330 e. The quantitative estimate of drug-likeness (QED) is 0.719. The minimum Gasteiger partial charge on any atom is -0.478 e. The molecule has 0 amide bonds. The van der Waals surface area contributed by atoms with E-state index < -0.39 is 5.97 Å². The van der Waals surface area contributed by atoms with Crippen molar-refractivity contribution in [2.45, 2.75) is 34.6 Å². The molecule has 15 heavy (non-hydrogen) atoms. The molecule has 0 aliphatic rings. The zero-order valence-electron chi connectivity index (χ0n) is 10.5. The fraction of sp³-hybridized carbons (Fsp3) is 0.750. The van der Waals surface area contributed by atoms with Crippen molar-refractivity contribution < 1.29 is 14.6 Å². The van der Waals surface area contributed by atoms with Crippen LogP contribution >= 0.6 is 0 Å². The van der Waals surface area contributed by atoms with Crippen LogP contribution in [0.3, 0.4) is 0 Å². The van der Waals surface area contributed by atoms with E-state index in [2.05, 4.69) is 34.3 Å². The SMILES string of the molecule is C=C(C)C(=O)O.CC(C)COCC(C)C. The fourth-order valence-corrected chi connectivity index (χ4v) is 0.539. The Labute approximate surface area is 93.1 Å². The molecule has 0 aromatic rings. The Morgan fingerprint density at radius 2 is 1.47 bits per heavy atom. The van der Waals surface area contributed by atoms with Gasteiger partial charge in [0, 0.05) is 18.8 Å². The van der Waals surface area contributed by atoms with Crippen LogP contribution in [-0.4, -0.2) is 24.3 Å². The second-order valence-electron chi connectivity index (χ2n) is 4.41. The first kappa shape index (κ1) is 16.6. The topological polar surface area (TPSA) is 46.5 Å². The van der Waals surface area contributed by atoms with Gasteiger partial charge in [0.25, 0.3) is 0 Å². The molecule has 0 atom stereocenters. The van der Waals surface area contributed by atoms with Crippen LogP contribution in [0.25, 0.3) is 0 Å². The first-order valence-corrected chi connectivity index (χ1v) is 5.23. The molecule has 0 fully saturated rings. The number of hydrogen-bond acceptors (Lipinski definition) is 2. The van der Waals surface area contributed by atoms with Crippen molar-refractivity contribution in [1.82, 2.24) is 0 Å². The van der Waals surface area contributed by atoms with E-state index in [1.54, 1.807) is 0 Å². The lowest BCUT2D eigenvalue weighted by atomic mass is 10.2. The molecule has 0 radical (unpaired) electrons. The largest absolute Gasteiger partial charge is 0.478 e. The maximum atomic E-state index is 9.60. The number of carboxylic acids is 1. The van der Waals surface area contributed by atoms with Crippen LogP contribution in [0, 0.1) is 11.8 Å². The molecule has 0 unspecified atom stereocenters. The second-order valence-corrected chi connectivity index (χ2v) is 4.41. The maximum Gasteiger partial charge on any atom is 0.330 e. The molecule has 0 aliphatic carbocycles. The van der Waals surface area contributed by atoms with Gasteiger partial charge in [0.15, 0.2) is 0 Å². The highest BCUT2D eigenvalue weighted by Gasteiger charge is 1.95. The summed E-state index contributed by atoms with van der Waals surface area (Å²) < 4.78 is 5.36.